The Balaban J connectivity index is 3.31. The molecule has 0 spiro atoms. The van der Waals surface area contributed by atoms with Crippen LogP contribution in [0.15, 0.2) is 0 Å². The van der Waals surface area contributed by atoms with Crippen LogP contribution in [-0.4, -0.2) is 35.3 Å². The Morgan fingerprint density at radius 2 is 1.14 bits per heavy atom. The molecule has 28 heavy (non-hydrogen) atoms. The molecule has 0 aromatic heterocycles. The van der Waals surface area contributed by atoms with Crippen molar-refractivity contribution in [3.63, 3.8) is 0 Å². The smallest absolute Gasteiger partial charge is 0.326 e. The van der Waals surface area contributed by atoms with Crippen LogP contribution in [0, 0.1) is 0 Å². The van der Waals surface area contributed by atoms with Crippen molar-refractivity contribution in [2.24, 2.45) is 5.73 Å². The molecule has 5 nitrogen and oxygen atoms in total. The zero-order valence-corrected chi connectivity index (χ0v) is 18.7. The predicted octanol–water partition coefficient (Wildman–Crippen LogP) is 5.08. The fraction of sp³-hybridized carbons (Fsp3) is 0.909. The van der Waals surface area contributed by atoms with Crippen molar-refractivity contribution in [2.45, 2.75) is 115 Å². The molecule has 1 amide bonds. The fourth-order valence-corrected chi connectivity index (χ4v) is 3.64. The average molecular weight is 417 g/mol. The standard InChI is InChI=1S/C22H44N2O3S/c23-18-15-13-11-9-7-5-3-1-2-4-6-8-10-12-14-16-21(25)24-20(17-19-28)22(26)27/h20,28H,1-19,23H2,(H,24,25)(H,26,27). The Morgan fingerprint density at radius 3 is 1.50 bits per heavy atom. The highest BCUT2D eigenvalue weighted by atomic mass is 32.1. The van der Waals surface area contributed by atoms with E-state index in [0.717, 1.165) is 25.8 Å². The van der Waals surface area contributed by atoms with Crippen LogP contribution in [0.5, 0.6) is 0 Å². The third-order valence-electron chi connectivity index (χ3n) is 5.16. The van der Waals surface area contributed by atoms with Crippen molar-refractivity contribution >= 4 is 24.5 Å². The Labute approximate surface area is 178 Å². The maximum Gasteiger partial charge on any atom is 0.326 e. The molecule has 0 fully saturated rings. The number of nitrogens with one attached hydrogen (secondary N) is 1. The summed E-state index contributed by atoms with van der Waals surface area (Å²) in [7, 11) is 0. The summed E-state index contributed by atoms with van der Waals surface area (Å²) in [6.07, 6.45) is 19.7. The van der Waals surface area contributed by atoms with Gasteiger partial charge in [-0.25, -0.2) is 4.79 Å². The number of carbonyl (C=O) groups excluding carboxylic acids is 1. The van der Waals surface area contributed by atoms with Crippen LogP contribution in [0.1, 0.15) is 109 Å². The lowest BCUT2D eigenvalue weighted by Crippen LogP contribution is -2.40. The van der Waals surface area contributed by atoms with Gasteiger partial charge in [-0.3, -0.25) is 4.79 Å². The molecular weight excluding hydrogens is 372 g/mol. The normalized spacial score (nSPS) is 12.1. The molecule has 4 N–H and O–H groups in total. The topological polar surface area (TPSA) is 92.4 Å². The molecule has 6 heteroatoms. The zero-order chi connectivity index (χ0) is 20.9. The Kier molecular flexibility index (Phi) is 20.4. The molecule has 0 radical (unpaired) electrons. The van der Waals surface area contributed by atoms with Crippen LogP contribution < -0.4 is 11.1 Å². The van der Waals surface area contributed by atoms with Gasteiger partial charge in [0.15, 0.2) is 0 Å². The second-order valence-electron chi connectivity index (χ2n) is 7.81. The van der Waals surface area contributed by atoms with E-state index in [1.54, 1.807) is 0 Å². The number of amides is 1. The van der Waals surface area contributed by atoms with Gasteiger partial charge >= 0.3 is 5.97 Å². The zero-order valence-electron chi connectivity index (χ0n) is 17.8. The van der Waals surface area contributed by atoms with E-state index in [2.05, 4.69) is 17.9 Å². The van der Waals surface area contributed by atoms with E-state index in [4.69, 9.17) is 10.8 Å². The average Bonchev–Trinajstić information content (AvgIpc) is 2.67. The van der Waals surface area contributed by atoms with Crippen LogP contribution in [0.2, 0.25) is 0 Å². The van der Waals surface area contributed by atoms with Gasteiger partial charge in [0, 0.05) is 6.42 Å². The third-order valence-corrected chi connectivity index (χ3v) is 5.42. The van der Waals surface area contributed by atoms with Gasteiger partial charge < -0.3 is 16.2 Å². The van der Waals surface area contributed by atoms with E-state index < -0.39 is 12.0 Å². The molecule has 0 aliphatic carbocycles. The number of nitrogens with two attached hydrogens (primary N) is 1. The van der Waals surface area contributed by atoms with Crippen LogP contribution in [-0.2, 0) is 9.59 Å². The second kappa shape index (κ2) is 21.0. The number of hydrogen-bond donors (Lipinski definition) is 4. The first kappa shape index (κ1) is 27.2. The highest BCUT2D eigenvalue weighted by Crippen LogP contribution is 2.13. The first-order valence-corrected chi connectivity index (χ1v) is 12.1. The number of aliphatic carboxylic acids is 1. The van der Waals surface area contributed by atoms with Crippen molar-refractivity contribution in [2.75, 3.05) is 12.3 Å². The number of carboxylic acid groups (broad SMARTS) is 1. The summed E-state index contributed by atoms with van der Waals surface area (Å²) in [5, 5.41) is 11.6. The maximum atomic E-state index is 11.8. The van der Waals surface area contributed by atoms with E-state index >= 15 is 0 Å². The summed E-state index contributed by atoms with van der Waals surface area (Å²) in [6.45, 7) is 0.833. The number of unbranched alkanes of at least 4 members (excludes halogenated alkanes) is 14. The molecule has 0 aliphatic heterocycles. The number of thiol groups is 1. The van der Waals surface area contributed by atoms with Gasteiger partial charge in [-0.2, -0.15) is 12.6 Å². The molecule has 1 atom stereocenters. The first-order chi connectivity index (χ1) is 13.6. The highest BCUT2D eigenvalue weighted by molar-refractivity contribution is 7.80. The highest BCUT2D eigenvalue weighted by Gasteiger charge is 2.18. The van der Waals surface area contributed by atoms with Crippen molar-refractivity contribution in [1.29, 1.82) is 0 Å². The monoisotopic (exact) mass is 416 g/mol. The summed E-state index contributed by atoms with van der Waals surface area (Å²) in [6, 6.07) is -0.804. The summed E-state index contributed by atoms with van der Waals surface area (Å²) in [5.41, 5.74) is 5.49. The minimum atomic E-state index is -0.982. The van der Waals surface area contributed by atoms with Crippen LogP contribution in [0.3, 0.4) is 0 Å². The molecule has 0 aromatic carbocycles. The lowest BCUT2D eigenvalue weighted by atomic mass is 10.0. The minimum absolute atomic E-state index is 0.159. The lowest BCUT2D eigenvalue weighted by molar-refractivity contribution is -0.141. The maximum absolute atomic E-state index is 11.8. The largest absolute Gasteiger partial charge is 0.480 e. The summed E-state index contributed by atoms with van der Waals surface area (Å²) < 4.78 is 0. The molecule has 0 aliphatic rings. The molecule has 0 bridgehead atoms. The third kappa shape index (κ3) is 18.6. The Morgan fingerprint density at radius 1 is 0.750 bits per heavy atom. The van der Waals surface area contributed by atoms with E-state index in [1.807, 2.05) is 0 Å². The van der Waals surface area contributed by atoms with E-state index in [9.17, 15) is 9.59 Å². The number of rotatable bonds is 21. The molecule has 1 unspecified atom stereocenters. The Hall–Kier alpha value is -0.750. The lowest BCUT2D eigenvalue weighted by Gasteiger charge is -2.13. The van der Waals surface area contributed by atoms with E-state index in [1.165, 1.54) is 77.0 Å². The summed E-state index contributed by atoms with van der Waals surface area (Å²) >= 11 is 4.03. The molecule has 0 saturated heterocycles. The van der Waals surface area contributed by atoms with E-state index in [0.29, 0.717) is 18.6 Å². The Bertz CT molecular complexity index is 381. The van der Waals surface area contributed by atoms with Crippen molar-refractivity contribution in [3.8, 4) is 0 Å². The van der Waals surface area contributed by atoms with Crippen LogP contribution in [0.4, 0.5) is 0 Å². The van der Waals surface area contributed by atoms with Crippen molar-refractivity contribution in [1.82, 2.24) is 5.32 Å². The minimum Gasteiger partial charge on any atom is -0.480 e. The molecule has 0 rings (SSSR count). The van der Waals surface area contributed by atoms with Gasteiger partial charge in [0.05, 0.1) is 0 Å². The fourth-order valence-electron chi connectivity index (χ4n) is 3.38. The number of carboxylic acids is 1. The number of carbonyl (C=O) groups is 2. The van der Waals surface area contributed by atoms with Crippen molar-refractivity contribution < 1.29 is 14.7 Å². The predicted molar refractivity (Wildman–Crippen MR) is 121 cm³/mol. The van der Waals surface area contributed by atoms with Gasteiger partial charge in [0.2, 0.25) is 5.91 Å². The summed E-state index contributed by atoms with van der Waals surface area (Å²) in [4.78, 5) is 22.8. The number of hydrogen-bond acceptors (Lipinski definition) is 4. The quantitative estimate of drug-likeness (QED) is 0.155. The van der Waals surface area contributed by atoms with Gasteiger partial charge in [0.1, 0.15) is 6.04 Å². The van der Waals surface area contributed by atoms with Gasteiger partial charge in [-0.1, -0.05) is 83.5 Å². The van der Waals surface area contributed by atoms with Crippen LogP contribution in [0.25, 0.3) is 0 Å². The second-order valence-corrected chi connectivity index (χ2v) is 8.26. The van der Waals surface area contributed by atoms with E-state index in [-0.39, 0.29) is 5.91 Å². The molecule has 166 valence electrons. The molecule has 0 saturated carbocycles. The van der Waals surface area contributed by atoms with Gasteiger partial charge in [-0.15, -0.1) is 0 Å². The van der Waals surface area contributed by atoms with Crippen molar-refractivity contribution in [3.05, 3.63) is 0 Å². The molecule has 0 aromatic rings. The SMILES string of the molecule is NCCCCCCCCCCCCCCCCCC(=O)NC(CCS)C(=O)O. The molecule has 0 heterocycles. The first-order valence-electron chi connectivity index (χ1n) is 11.4. The van der Waals surface area contributed by atoms with Crippen LogP contribution >= 0.6 is 12.6 Å². The molecular formula is C22H44N2O3S. The summed E-state index contributed by atoms with van der Waals surface area (Å²) in [5.74, 6) is -0.689. The van der Waals surface area contributed by atoms with Gasteiger partial charge in [0.25, 0.3) is 0 Å². The van der Waals surface area contributed by atoms with Gasteiger partial charge in [-0.05, 0) is 31.6 Å².